The zero-order valence-corrected chi connectivity index (χ0v) is 62.6. The molecule has 19 heteroatoms. The maximum atomic E-state index is 12.1. The lowest BCUT2D eigenvalue weighted by atomic mass is 10.0. The first-order valence-corrected chi connectivity index (χ1v) is 36.3. The Bertz CT molecular complexity index is 4980. The molecule has 0 aliphatic rings. The van der Waals surface area contributed by atoms with Crippen LogP contribution in [0, 0.1) is 0 Å². The van der Waals surface area contributed by atoms with Crippen molar-refractivity contribution in [2.45, 2.75) is 109 Å². The van der Waals surface area contributed by atoms with E-state index in [9.17, 15) is 43.5 Å². The molecule has 12 rings (SSSR count). The van der Waals surface area contributed by atoms with Crippen LogP contribution in [0.4, 0.5) is 0 Å². The van der Waals surface area contributed by atoms with Gasteiger partial charge in [-0.25, -0.2) is 0 Å². The van der Waals surface area contributed by atoms with Crippen molar-refractivity contribution >= 4 is 134 Å². The number of rotatable bonds is 28. The topological polar surface area (TPSA) is 231 Å². The van der Waals surface area contributed by atoms with Crippen LogP contribution in [0.2, 0.25) is 0 Å². The summed E-state index contributed by atoms with van der Waals surface area (Å²) >= 11 is 0. The van der Waals surface area contributed by atoms with E-state index in [1.54, 1.807) is 54.8 Å². The molecule has 4 heterocycles. The zero-order valence-electron chi connectivity index (χ0n) is 62.6. The SMILES string of the molecule is CCCNCCn1c2ccc(C(C)=O)cc2c2cc(C(C)=O)ccc21.CCN(CC)CCn1c2ccc(C(=O)NC)cc2c2cc(C(=O)NC)ccc21.CCN(CC)CCn1c2ccc(C(C)=O)cc2c2cc(C(=O)CO)ccc21.CCNCCn1c2ccc(C(C)=O)cc2c2cc(C(C)=O)ccc21. The van der Waals surface area contributed by atoms with Gasteiger partial charge in [-0.3, -0.25) is 38.4 Å². The first kappa shape index (κ1) is 77.9. The van der Waals surface area contributed by atoms with E-state index in [0.717, 1.165) is 185 Å². The standard InChI is InChI=1S/C22H28N4O2.C22H26N2O3.C21H24N2O2.C20H22N2O2/c1-5-25(6-2)11-12-26-19-9-7-15(21(27)23-3)13-17(19)18-14-16(22(28)24-4)8-10-20(18)26;1-4-23(5-2)10-11-24-20-8-6-16(15(3)26)12-18(20)19-13-17(22(27)14-25)7-9-21(19)24;1-4-9-22-10-11-23-20-7-5-16(14(2)24)12-18(20)19-13-17(15(3)25)6-8-21(19)23;1-4-21-9-10-22-19-7-5-15(13(2)23)11-17(19)18-12-16(14(3)24)6-8-20(18)22/h7-10,13-14H,5-6,11-12H2,1-4H3,(H,23,27)(H,24,28);6-9,12-13,25H,4-5,10-11,14H2,1-3H3;5-8,12-13,22H,4,9-11H2,1-3H3;5-8,11-12,21H,4,9-10H2,1-3H3. The third-order valence-corrected chi connectivity index (χ3v) is 19.7. The third-order valence-electron chi connectivity index (χ3n) is 19.7. The molecule has 0 saturated heterocycles. The van der Waals surface area contributed by atoms with E-state index in [2.05, 4.69) is 90.9 Å². The first-order chi connectivity index (χ1) is 50.1. The molecule has 19 nitrogen and oxygen atoms in total. The lowest BCUT2D eigenvalue weighted by Gasteiger charge is -2.19. The van der Waals surface area contributed by atoms with Crippen molar-refractivity contribution in [3.8, 4) is 0 Å². The number of carbonyl (C=O) groups is 8. The zero-order chi connectivity index (χ0) is 75.1. The second-order valence-corrected chi connectivity index (χ2v) is 26.1. The molecule has 0 aliphatic carbocycles. The van der Waals surface area contributed by atoms with Gasteiger partial charge in [-0.05, 0) is 226 Å². The summed E-state index contributed by atoms with van der Waals surface area (Å²) in [6.07, 6.45) is 1.11. The highest BCUT2D eigenvalue weighted by molar-refractivity contribution is 6.17. The van der Waals surface area contributed by atoms with E-state index in [-0.39, 0.29) is 46.5 Å². The molecular formula is C85H100N10O9. The number of hydrogen-bond donors (Lipinski definition) is 5. The number of nitrogens with zero attached hydrogens (tertiary/aromatic N) is 6. The summed E-state index contributed by atoms with van der Waals surface area (Å²) in [6, 6.07) is 46.1. The Labute approximate surface area is 608 Å². The molecule has 0 saturated carbocycles. The van der Waals surface area contributed by atoms with Gasteiger partial charge in [0, 0.05) is 198 Å². The maximum Gasteiger partial charge on any atom is 0.251 e. The molecule has 104 heavy (non-hydrogen) atoms. The van der Waals surface area contributed by atoms with Crippen molar-refractivity contribution in [2.24, 2.45) is 0 Å². The second kappa shape index (κ2) is 35.7. The molecule has 0 fully saturated rings. The number of benzene rings is 8. The Morgan fingerprint density at radius 3 is 0.808 bits per heavy atom. The number of ketones is 6. The van der Waals surface area contributed by atoms with Crippen LogP contribution in [-0.2, 0) is 26.2 Å². The molecule has 0 unspecified atom stereocenters. The van der Waals surface area contributed by atoms with Gasteiger partial charge in [-0.15, -0.1) is 0 Å². The minimum Gasteiger partial charge on any atom is -0.388 e. The van der Waals surface area contributed by atoms with E-state index in [1.165, 1.54) is 0 Å². The number of fused-ring (bicyclic) bond motifs is 12. The Hall–Kier alpha value is -10.3. The van der Waals surface area contributed by atoms with Crippen molar-refractivity contribution in [3.63, 3.8) is 0 Å². The average molecular weight is 1410 g/mol. The number of amides is 2. The maximum absolute atomic E-state index is 12.1. The highest BCUT2D eigenvalue weighted by Gasteiger charge is 2.21. The number of aromatic nitrogens is 4. The summed E-state index contributed by atoms with van der Waals surface area (Å²) < 4.78 is 9.05. The van der Waals surface area contributed by atoms with Crippen LogP contribution in [0.3, 0.4) is 0 Å². The Morgan fingerprint density at radius 1 is 0.327 bits per heavy atom. The van der Waals surface area contributed by atoms with Gasteiger partial charge < -0.3 is 54.4 Å². The van der Waals surface area contributed by atoms with E-state index in [1.807, 2.05) is 140 Å². The largest absolute Gasteiger partial charge is 0.388 e. The van der Waals surface area contributed by atoms with Crippen LogP contribution in [0.5, 0.6) is 0 Å². The van der Waals surface area contributed by atoms with Gasteiger partial charge in [0.2, 0.25) is 0 Å². The number of aliphatic hydroxyl groups is 1. The molecule has 544 valence electrons. The Balaban J connectivity index is 0.000000161. The van der Waals surface area contributed by atoms with Crippen LogP contribution >= 0.6 is 0 Å². The quantitative estimate of drug-likeness (QED) is 0.0227. The monoisotopic (exact) mass is 1400 g/mol. The molecule has 8 aromatic carbocycles. The summed E-state index contributed by atoms with van der Waals surface area (Å²) in [4.78, 5) is 99.9. The first-order valence-electron chi connectivity index (χ1n) is 36.3. The predicted molar refractivity (Wildman–Crippen MR) is 423 cm³/mol. The fraction of sp³-hybridized carbons (Fsp3) is 0.341. The minimum atomic E-state index is -0.509. The van der Waals surface area contributed by atoms with Gasteiger partial charge in [-0.1, -0.05) is 41.5 Å². The molecule has 0 bridgehead atoms. The fourth-order valence-corrected chi connectivity index (χ4v) is 13.7. The van der Waals surface area contributed by atoms with Gasteiger partial charge in [0.15, 0.2) is 34.7 Å². The van der Waals surface area contributed by atoms with E-state index in [4.69, 9.17) is 0 Å². The number of Topliss-reactive ketones (excluding diaryl/α,β-unsaturated/α-hetero) is 6. The summed E-state index contributed by atoms with van der Waals surface area (Å²) in [5, 5.41) is 29.3. The molecule has 5 N–H and O–H groups in total. The Kier molecular flexibility index (Phi) is 26.8. The van der Waals surface area contributed by atoms with Gasteiger partial charge in [0.25, 0.3) is 11.8 Å². The molecule has 0 aliphatic heterocycles. The normalized spacial score (nSPS) is 11.4. The third kappa shape index (κ3) is 17.3. The molecule has 0 atom stereocenters. The molecule has 0 radical (unpaired) electrons. The van der Waals surface area contributed by atoms with Gasteiger partial charge >= 0.3 is 0 Å². The average Bonchev–Trinajstić information content (AvgIpc) is 1.63. The summed E-state index contributed by atoms with van der Waals surface area (Å²) in [6.45, 7) is 33.2. The van der Waals surface area contributed by atoms with Crippen LogP contribution in [-0.4, -0.2) is 166 Å². The van der Waals surface area contributed by atoms with Crippen molar-refractivity contribution in [2.75, 3.05) is 86.1 Å². The van der Waals surface area contributed by atoms with Crippen LogP contribution in [0.1, 0.15) is 165 Å². The van der Waals surface area contributed by atoms with E-state index >= 15 is 0 Å². The number of likely N-dealkylation sites (N-methyl/N-ethyl adjacent to an activating group) is 3. The highest BCUT2D eigenvalue weighted by atomic mass is 16.3. The summed E-state index contributed by atoms with van der Waals surface area (Å²) in [5.41, 5.74) is 13.8. The lowest BCUT2D eigenvalue weighted by Crippen LogP contribution is -2.27. The number of carbonyl (C=O) groups excluding carboxylic acids is 8. The van der Waals surface area contributed by atoms with Crippen molar-refractivity contribution < 1.29 is 43.5 Å². The van der Waals surface area contributed by atoms with Crippen molar-refractivity contribution in [1.29, 1.82) is 0 Å². The van der Waals surface area contributed by atoms with Crippen LogP contribution < -0.4 is 21.3 Å². The number of hydrogen-bond acceptors (Lipinski definition) is 13. The van der Waals surface area contributed by atoms with Gasteiger partial charge in [0.05, 0.1) is 0 Å². The predicted octanol–water partition coefficient (Wildman–Crippen LogP) is 14.4. The van der Waals surface area contributed by atoms with Crippen molar-refractivity contribution in [1.82, 2.24) is 49.3 Å². The summed E-state index contributed by atoms with van der Waals surface area (Å²) in [7, 11) is 3.26. The smallest absolute Gasteiger partial charge is 0.251 e. The number of nitrogens with one attached hydrogen (secondary N) is 4. The van der Waals surface area contributed by atoms with Crippen LogP contribution in [0.25, 0.3) is 87.2 Å². The fourth-order valence-electron chi connectivity index (χ4n) is 13.7. The van der Waals surface area contributed by atoms with E-state index < -0.39 is 6.61 Å². The number of aliphatic hydroxyl groups excluding tert-OH is 1. The van der Waals surface area contributed by atoms with Crippen molar-refractivity contribution in [3.05, 3.63) is 190 Å². The molecule has 12 aromatic rings. The molecule has 0 spiro atoms. The molecule has 2 amide bonds. The minimum absolute atomic E-state index is 0.0172. The highest BCUT2D eigenvalue weighted by Crippen LogP contribution is 2.36. The molecule has 4 aromatic heterocycles. The summed E-state index contributed by atoms with van der Waals surface area (Å²) in [5.74, 6) is -0.319. The lowest BCUT2D eigenvalue weighted by molar-refractivity contribution is 0.0901. The molecular weight excluding hydrogens is 1300 g/mol. The Morgan fingerprint density at radius 2 is 0.567 bits per heavy atom. The van der Waals surface area contributed by atoms with Gasteiger partial charge in [0.1, 0.15) is 6.61 Å². The van der Waals surface area contributed by atoms with E-state index in [0.29, 0.717) is 44.5 Å². The van der Waals surface area contributed by atoms with Crippen LogP contribution in [0.15, 0.2) is 146 Å². The second-order valence-electron chi connectivity index (χ2n) is 26.1. The van der Waals surface area contributed by atoms with Gasteiger partial charge in [-0.2, -0.15) is 0 Å².